The normalized spacial score (nSPS) is 19.6. The predicted molar refractivity (Wildman–Crippen MR) is 326 cm³/mol. The molecular weight excluding hydrogens is 926 g/mol. The van der Waals surface area contributed by atoms with Gasteiger partial charge in [0.2, 0.25) is 0 Å². The lowest BCUT2D eigenvalue weighted by molar-refractivity contribution is 0.332. The van der Waals surface area contributed by atoms with Gasteiger partial charge in [0.1, 0.15) is 0 Å². The van der Waals surface area contributed by atoms with Crippen LogP contribution < -0.4 is 30.4 Å². The van der Waals surface area contributed by atoms with Crippen molar-refractivity contribution in [3.8, 4) is 0 Å². The van der Waals surface area contributed by atoms with Crippen molar-refractivity contribution in [1.82, 2.24) is 0 Å². The minimum Gasteiger partial charge on any atom is -0.311 e. The minimum absolute atomic E-state index is 0.00365. The quantitative estimate of drug-likeness (QED) is 0.159. The number of hydrogen-bond acceptors (Lipinski definition) is 4. The molecule has 0 fully saturated rings. The smallest absolute Gasteiger partial charge is 0.264 e. The molecule has 5 heteroatoms. The number of rotatable bonds is 5. The number of aryl methyl sites for hydroxylation is 2. The van der Waals surface area contributed by atoms with Crippen molar-refractivity contribution in [2.45, 2.75) is 168 Å². The monoisotopic (exact) mass is 1000 g/mol. The van der Waals surface area contributed by atoms with Crippen molar-refractivity contribution in [2.75, 3.05) is 14.7 Å². The summed E-state index contributed by atoms with van der Waals surface area (Å²) in [5.74, 6) is 0. The van der Waals surface area contributed by atoms with E-state index in [1.807, 2.05) is 0 Å². The van der Waals surface area contributed by atoms with Crippen LogP contribution >= 0.6 is 11.3 Å². The number of benzene rings is 7. The van der Waals surface area contributed by atoms with E-state index < -0.39 is 0 Å². The third-order valence-corrected chi connectivity index (χ3v) is 20.6. The van der Waals surface area contributed by atoms with E-state index >= 15 is 0 Å². The van der Waals surface area contributed by atoms with Crippen LogP contribution in [-0.4, -0.2) is 6.71 Å². The lowest BCUT2D eigenvalue weighted by Crippen LogP contribution is -2.61. The van der Waals surface area contributed by atoms with Gasteiger partial charge in [-0.25, -0.2) is 0 Å². The Balaban J connectivity index is 1.22. The first-order valence-electron chi connectivity index (χ1n) is 28.2. The van der Waals surface area contributed by atoms with Gasteiger partial charge in [0.05, 0.1) is 11.4 Å². The van der Waals surface area contributed by atoms with Crippen molar-refractivity contribution in [3.05, 3.63) is 178 Å². The van der Waals surface area contributed by atoms with E-state index in [1.165, 1.54) is 130 Å². The largest absolute Gasteiger partial charge is 0.311 e. The first kappa shape index (κ1) is 48.6. The summed E-state index contributed by atoms with van der Waals surface area (Å²) in [5.41, 5.74) is 25.8. The Bertz CT molecular complexity index is 3600. The van der Waals surface area contributed by atoms with E-state index in [2.05, 4.69) is 256 Å². The fourth-order valence-electron chi connectivity index (χ4n) is 14.7. The highest BCUT2D eigenvalue weighted by atomic mass is 32.1. The molecule has 13 rings (SSSR count). The van der Waals surface area contributed by atoms with Gasteiger partial charge in [-0.15, -0.1) is 11.3 Å². The summed E-state index contributed by atoms with van der Waals surface area (Å²) >= 11 is 2.08. The van der Waals surface area contributed by atoms with Crippen LogP contribution in [0.5, 0.6) is 0 Å². The Kier molecular flexibility index (Phi) is 10.5. The average Bonchev–Trinajstić information content (AvgIpc) is 3.80. The van der Waals surface area contributed by atoms with Crippen molar-refractivity contribution in [3.63, 3.8) is 0 Å². The zero-order chi connectivity index (χ0) is 52.5. The van der Waals surface area contributed by atoms with Crippen LogP contribution in [0.25, 0.3) is 10.1 Å². The maximum absolute atomic E-state index is 2.77. The summed E-state index contributed by atoms with van der Waals surface area (Å²) in [5, 5.41) is 1.38. The highest BCUT2D eigenvalue weighted by Crippen LogP contribution is 2.56. The zero-order valence-corrected chi connectivity index (χ0v) is 48.1. The number of anilines is 9. The Morgan fingerprint density at radius 3 is 1.43 bits per heavy atom. The second-order valence-electron chi connectivity index (χ2n) is 27.6. The van der Waals surface area contributed by atoms with Gasteiger partial charge in [-0.05, 0) is 219 Å². The van der Waals surface area contributed by atoms with Gasteiger partial charge < -0.3 is 14.7 Å². The molecule has 75 heavy (non-hydrogen) atoms. The number of para-hydroxylation sites is 2. The van der Waals surface area contributed by atoms with Gasteiger partial charge in [0.15, 0.2) is 0 Å². The van der Waals surface area contributed by atoms with Crippen LogP contribution in [0.3, 0.4) is 0 Å². The summed E-state index contributed by atoms with van der Waals surface area (Å²) < 4.78 is 2.86. The summed E-state index contributed by atoms with van der Waals surface area (Å²) in [7, 11) is 0. The van der Waals surface area contributed by atoms with E-state index in [4.69, 9.17) is 0 Å². The summed E-state index contributed by atoms with van der Waals surface area (Å²) in [6, 6.07) is 52.8. The second kappa shape index (κ2) is 16.2. The molecule has 3 heterocycles. The van der Waals surface area contributed by atoms with Gasteiger partial charge >= 0.3 is 0 Å². The molecule has 0 saturated heterocycles. The summed E-state index contributed by atoms with van der Waals surface area (Å²) in [4.78, 5) is 7.96. The zero-order valence-electron chi connectivity index (χ0n) is 47.3. The van der Waals surface area contributed by atoms with Gasteiger partial charge in [-0.2, -0.15) is 0 Å². The maximum atomic E-state index is 2.77. The van der Waals surface area contributed by atoms with Crippen LogP contribution in [0.4, 0.5) is 51.2 Å². The number of thiophene rings is 1. The van der Waals surface area contributed by atoms with E-state index in [-0.39, 0.29) is 39.2 Å². The highest BCUT2D eigenvalue weighted by Gasteiger charge is 2.50. The van der Waals surface area contributed by atoms with Gasteiger partial charge in [0, 0.05) is 54.7 Å². The minimum atomic E-state index is 0.00365. The fourth-order valence-corrected chi connectivity index (χ4v) is 16.0. The highest BCUT2D eigenvalue weighted by molar-refractivity contribution is 7.33. The molecule has 2 aliphatic heterocycles. The van der Waals surface area contributed by atoms with E-state index in [0.29, 0.717) is 0 Å². The van der Waals surface area contributed by atoms with Crippen LogP contribution in [0.1, 0.15) is 166 Å². The Hall–Kier alpha value is -6.04. The fraction of sp³-hybridized carbons (Fsp3) is 0.371. The first-order valence-corrected chi connectivity index (χ1v) is 29.0. The number of fused-ring (bicyclic) bond motifs is 9. The van der Waals surface area contributed by atoms with E-state index in [9.17, 15) is 0 Å². The van der Waals surface area contributed by atoms with Crippen LogP contribution in [-0.2, 0) is 32.5 Å². The topological polar surface area (TPSA) is 9.72 Å². The Morgan fingerprint density at radius 1 is 0.413 bits per heavy atom. The van der Waals surface area contributed by atoms with Gasteiger partial charge in [-0.3, -0.25) is 0 Å². The van der Waals surface area contributed by atoms with E-state index in [1.54, 1.807) is 0 Å². The lowest BCUT2D eigenvalue weighted by atomic mass is 9.35. The Labute approximate surface area is 453 Å². The molecule has 1 aromatic heterocycles. The van der Waals surface area contributed by atoms with Crippen molar-refractivity contribution < 1.29 is 0 Å². The first-order chi connectivity index (χ1) is 35.4. The van der Waals surface area contributed by atoms with Crippen LogP contribution in [0.15, 0.2) is 133 Å². The second-order valence-corrected chi connectivity index (χ2v) is 28.6. The lowest BCUT2D eigenvalue weighted by Gasteiger charge is -2.47. The molecule has 0 unspecified atom stereocenters. The molecule has 3 nitrogen and oxygen atoms in total. The molecule has 0 spiro atoms. The third kappa shape index (κ3) is 7.40. The molecule has 8 aromatic rings. The van der Waals surface area contributed by atoms with Crippen LogP contribution in [0.2, 0.25) is 0 Å². The molecule has 0 radical (unpaired) electrons. The number of nitrogens with zero attached hydrogens (tertiary/aromatic N) is 3. The predicted octanol–water partition coefficient (Wildman–Crippen LogP) is 18.1. The van der Waals surface area contributed by atoms with Crippen LogP contribution in [0, 0.1) is 13.8 Å². The molecule has 0 atom stereocenters. The standard InChI is InChI=1S/C70H76BN3S/c1-43-33-44(2)35-48(34-43)73-58-41-55-54(68(9,10)30-31-69(55,11)12)40-57(58)71-62-59(73)37-49(72(45-21-17-15-18-22-45)46-23-19-16-20-24-46)38-60(62)74(47-25-26-51-52(36-47)66(5,6)28-27-65(51,3)4)63-50-39-53-56(42-61(50)75-64(63)71)70(13,14)32-29-67(53,7)8/h15-26,33-42H,27-32H2,1-14H3. The van der Waals surface area contributed by atoms with Crippen molar-refractivity contribution in [2.24, 2.45) is 0 Å². The van der Waals surface area contributed by atoms with Gasteiger partial charge in [-0.1, -0.05) is 138 Å². The Morgan fingerprint density at radius 2 is 0.880 bits per heavy atom. The molecule has 380 valence electrons. The van der Waals surface area contributed by atoms with Crippen molar-refractivity contribution in [1.29, 1.82) is 0 Å². The molecule has 0 bridgehead atoms. The molecule has 7 aromatic carbocycles. The maximum Gasteiger partial charge on any atom is 0.264 e. The summed E-state index contributed by atoms with van der Waals surface area (Å²) in [6.45, 7) is 34.4. The van der Waals surface area contributed by atoms with Crippen molar-refractivity contribution >= 4 is 95.0 Å². The number of hydrogen-bond donors (Lipinski definition) is 0. The molecule has 3 aliphatic carbocycles. The van der Waals surface area contributed by atoms with Gasteiger partial charge in [0.25, 0.3) is 6.71 Å². The molecule has 0 amide bonds. The molecule has 0 N–H and O–H groups in total. The average molecular weight is 1000 g/mol. The molecular formula is C70H76BN3S. The third-order valence-electron chi connectivity index (χ3n) is 19.4. The molecule has 0 saturated carbocycles. The SMILES string of the molecule is Cc1cc(C)cc(N2c3cc4c(cc3B3c5sc6cc7c(cc6c5N(c5ccc6c(c5)C(C)(C)CCC6(C)C)c5cc(N(c6ccccc6)c6ccccc6)cc2c53)C(C)(C)CCC7(C)C)C(C)(C)CCC4(C)C)c1. The summed E-state index contributed by atoms with van der Waals surface area (Å²) in [6.07, 6.45) is 7.04. The van der Waals surface area contributed by atoms with E-state index in [0.717, 1.165) is 29.9 Å². The molecule has 5 aliphatic rings.